The molecule has 0 aromatic heterocycles. The molecule has 24 heavy (non-hydrogen) atoms. The van der Waals surface area contributed by atoms with Crippen LogP contribution in [0.25, 0.3) is 0 Å². The first kappa shape index (κ1) is 17.3. The minimum Gasteiger partial charge on any atom is -0.497 e. The van der Waals surface area contributed by atoms with Crippen molar-refractivity contribution in [1.82, 2.24) is 4.90 Å². The fourth-order valence-corrected chi connectivity index (χ4v) is 2.05. The molecule has 6 nitrogen and oxygen atoms in total. The van der Waals surface area contributed by atoms with E-state index in [1.54, 1.807) is 69.7 Å². The Hall–Kier alpha value is -3.02. The summed E-state index contributed by atoms with van der Waals surface area (Å²) in [5.74, 6) is 0.519. The highest BCUT2D eigenvalue weighted by atomic mass is 16.5. The molecule has 0 heterocycles. The Morgan fingerprint density at radius 1 is 0.958 bits per heavy atom. The number of methoxy groups -OCH3 is 1. The van der Waals surface area contributed by atoms with Gasteiger partial charge in [0.25, 0.3) is 5.91 Å². The van der Waals surface area contributed by atoms with Gasteiger partial charge in [-0.1, -0.05) is 0 Å². The number of benzene rings is 2. The van der Waals surface area contributed by atoms with Crippen LogP contribution in [-0.4, -0.2) is 44.5 Å². The summed E-state index contributed by atoms with van der Waals surface area (Å²) in [5, 5.41) is 5.81. The second-order valence-electron chi connectivity index (χ2n) is 5.41. The number of nitrogens with zero attached hydrogens (tertiary/aromatic N) is 1. The number of rotatable bonds is 6. The van der Waals surface area contributed by atoms with Crippen LogP contribution in [0.1, 0.15) is 10.4 Å². The zero-order valence-corrected chi connectivity index (χ0v) is 14.0. The van der Waals surface area contributed by atoms with Crippen molar-refractivity contribution in [2.45, 2.75) is 0 Å². The largest absolute Gasteiger partial charge is 0.497 e. The van der Waals surface area contributed by atoms with Gasteiger partial charge in [0, 0.05) is 31.0 Å². The van der Waals surface area contributed by atoms with Gasteiger partial charge in [-0.05, 0) is 48.5 Å². The molecule has 0 radical (unpaired) electrons. The molecule has 0 aliphatic rings. The van der Waals surface area contributed by atoms with E-state index in [9.17, 15) is 9.59 Å². The van der Waals surface area contributed by atoms with Crippen LogP contribution in [0.4, 0.5) is 11.4 Å². The monoisotopic (exact) mass is 327 g/mol. The summed E-state index contributed by atoms with van der Waals surface area (Å²) in [6.45, 7) is 0.132. The highest BCUT2D eigenvalue weighted by Gasteiger charge is 2.07. The molecule has 0 bridgehead atoms. The average molecular weight is 327 g/mol. The molecule has 0 atom stereocenters. The summed E-state index contributed by atoms with van der Waals surface area (Å²) < 4.78 is 5.07. The van der Waals surface area contributed by atoms with Crippen LogP contribution in [-0.2, 0) is 4.79 Å². The number of ether oxygens (including phenoxy) is 1. The molecule has 0 aliphatic heterocycles. The van der Waals surface area contributed by atoms with Crippen molar-refractivity contribution in [2.75, 3.05) is 38.4 Å². The first-order valence-electron chi connectivity index (χ1n) is 7.49. The fraction of sp³-hybridized carbons (Fsp3) is 0.222. The quantitative estimate of drug-likeness (QED) is 0.855. The lowest BCUT2D eigenvalue weighted by Gasteiger charge is -2.11. The molecule has 2 rings (SSSR count). The maximum absolute atomic E-state index is 11.9. The molecule has 0 saturated carbocycles. The Morgan fingerprint density at radius 3 is 2.08 bits per heavy atom. The summed E-state index contributed by atoms with van der Waals surface area (Å²) in [6, 6.07) is 14.1. The van der Waals surface area contributed by atoms with Crippen LogP contribution in [0, 0.1) is 0 Å². The highest BCUT2D eigenvalue weighted by Crippen LogP contribution is 2.15. The molecule has 0 saturated heterocycles. The fourth-order valence-electron chi connectivity index (χ4n) is 2.05. The smallest absolute Gasteiger partial charge is 0.253 e. The van der Waals surface area contributed by atoms with E-state index >= 15 is 0 Å². The third-order valence-corrected chi connectivity index (χ3v) is 3.36. The zero-order chi connectivity index (χ0) is 17.5. The maximum atomic E-state index is 11.9. The Labute approximate surface area is 141 Å². The maximum Gasteiger partial charge on any atom is 0.253 e. The predicted octanol–water partition coefficient (Wildman–Crippen LogP) is 2.45. The van der Waals surface area contributed by atoms with E-state index in [-0.39, 0.29) is 18.4 Å². The number of carbonyl (C=O) groups is 2. The van der Waals surface area contributed by atoms with Gasteiger partial charge >= 0.3 is 0 Å². The first-order valence-corrected chi connectivity index (χ1v) is 7.49. The Balaban J connectivity index is 1.85. The minimum absolute atomic E-state index is 0.0567. The number of anilines is 2. The van der Waals surface area contributed by atoms with Crippen molar-refractivity contribution >= 4 is 23.2 Å². The van der Waals surface area contributed by atoms with Crippen molar-refractivity contribution in [1.29, 1.82) is 0 Å². The van der Waals surface area contributed by atoms with E-state index in [2.05, 4.69) is 10.6 Å². The van der Waals surface area contributed by atoms with Crippen LogP contribution in [0.15, 0.2) is 48.5 Å². The summed E-state index contributed by atoms with van der Waals surface area (Å²) >= 11 is 0. The molecule has 126 valence electrons. The third-order valence-electron chi connectivity index (χ3n) is 3.36. The lowest BCUT2D eigenvalue weighted by Crippen LogP contribution is -2.22. The number of hydrogen-bond acceptors (Lipinski definition) is 4. The standard InChI is InChI=1S/C18H21N3O3/c1-21(2)18(23)13-4-6-14(7-5-13)19-12-17(22)20-15-8-10-16(24-3)11-9-15/h4-11,19H,12H2,1-3H3,(H,20,22). The lowest BCUT2D eigenvalue weighted by molar-refractivity contribution is -0.114. The van der Waals surface area contributed by atoms with Gasteiger partial charge in [-0.15, -0.1) is 0 Å². The van der Waals surface area contributed by atoms with E-state index in [1.807, 2.05) is 0 Å². The molecule has 0 aliphatic carbocycles. The van der Waals surface area contributed by atoms with Crippen molar-refractivity contribution in [3.8, 4) is 5.75 Å². The van der Waals surface area contributed by atoms with Gasteiger partial charge in [0.15, 0.2) is 0 Å². The van der Waals surface area contributed by atoms with Gasteiger partial charge in [-0.25, -0.2) is 0 Å². The lowest BCUT2D eigenvalue weighted by atomic mass is 10.2. The van der Waals surface area contributed by atoms with E-state index in [0.717, 1.165) is 11.4 Å². The summed E-state index contributed by atoms with van der Waals surface area (Å²) in [4.78, 5) is 25.3. The number of carbonyl (C=O) groups excluding carboxylic acids is 2. The van der Waals surface area contributed by atoms with Crippen LogP contribution in [0.3, 0.4) is 0 Å². The van der Waals surface area contributed by atoms with E-state index < -0.39 is 0 Å². The summed E-state index contributed by atoms with van der Waals surface area (Å²) in [7, 11) is 5.00. The molecule has 0 spiro atoms. The second kappa shape index (κ2) is 8.01. The average Bonchev–Trinajstić information content (AvgIpc) is 2.60. The zero-order valence-electron chi connectivity index (χ0n) is 14.0. The molecular formula is C18H21N3O3. The van der Waals surface area contributed by atoms with Crippen molar-refractivity contribution < 1.29 is 14.3 Å². The molecule has 2 aromatic carbocycles. The molecule has 0 fully saturated rings. The topological polar surface area (TPSA) is 70.7 Å². The SMILES string of the molecule is COc1ccc(NC(=O)CNc2ccc(C(=O)N(C)C)cc2)cc1. The van der Waals surface area contributed by atoms with Crippen molar-refractivity contribution in [2.24, 2.45) is 0 Å². The summed E-state index contributed by atoms with van der Waals surface area (Å²) in [6.07, 6.45) is 0. The Morgan fingerprint density at radius 2 is 1.54 bits per heavy atom. The van der Waals surface area contributed by atoms with Crippen LogP contribution >= 0.6 is 0 Å². The second-order valence-corrected chi connectivity index (χ2v) is 5.41. The van der Waals surface area contributed by atoms with Gasteiger partial charge in [-0.2, -0.15) is 0 Å². The molecule has 2 N–H and O–H groups in total. The normalized spacial score (nSPS) is 9.96. The molecule has 2 amide bonds. The first-order chi connectivity index (χ1) is 11.5. The van der Waals surface area contributed by atoms with Gasteiger partial charge in [0.05, 0.1) is 13.7 Å². The highest BCUT2D eigenvalue weighted by molar-refractivity contribution is 5.95. The van der Waals surface area contributed by atoms with Crippen molar-refractivity contribution in [3.63, 3.8) is 0 Å². The molecule has 2 aromatic rings. The van der Waals surface area contributed by atoms with Gasteiger partial charge in [0.2, 0.25) is 5.91 Å². The van der Waals surface area contributed by atoms with E-state index in [0.29, 0.717) is 11.3 Å². The third kappa shape index (κ3) is 4.74. The van der Waals surface area contributed by atoms with Gasteiger partial charge in [0.1, 0.15) is 5.75 Å². The molecule has 0 unspecified atom stereocenters. The number of hydrogen-bond donors (Lipinski definition) is 2. The predicted molar refractivity (Wildman–Crippen MR) is 94.6 cm³/mol. The van der Waals surface area contributed by atoms with Gasteiger partial charge < -0.3 is 20.3 Å². The minimum atomic E-state index is -0.159. The summed E-state index contributed by atoms with van der Waals surface area (Å²) in [5.41, 5.74) is 2.08. The molecular weight excluding hydrogens is 306 g/mol. The van der Waals surface area contributed by atoms with Crippen molar-refractivity contribution in [3.05, 3.63) is 54.1 Å². The van der Waals surface area contributed by atoms with Gasteiger partial charge in [-0.3, -0.25) is 9.59 Å². The Kier molecular flexibility index (Phi) is 5.78. The van der Waals surface area contributed by atoms with Crippen LogP contribution in [0.2, 0.25) is 0 Å². The van der Waals surface area contributed by atoms with Crippen LogP contribution < -0.4 is 15.4 Å². The van der Waals surface area contributed by atoms with Crippen LogP contribution in [0.5, 0.6) is 5.75 Å². The molecule has 6 heteroatoms. The Bertz CT molecular complexity index is 694. The number of nitrogens with one attached hydrogen (secondary N) is 2. The van der Waals surface area contributed by atoms with E-state index in [4.69, 9.17) is 4.74 Å². The number of amides is 2. The van der Waals surface area contributed by atoms with E-state index in [1.165, 1.54) is 4.90 Å².